The Morgan fingerprint density at radius 3 is 2.80 bits per heavy atom. The van der Waals surface area contributed by atoms with E-state index in [9.17, 15) is 9.18 Å². The third-order valence-corrected chi connectivity index (χ3v) is 3.31. The Kier molecular flexibility index (Phi) is 7.72. The molecule has 6 heteroatoms. The fourth-order valence-corrected chi connectivity index (χ4v) is 2.11. The fraction of sp³-hybridized carbons (Fsp3) is 0.500. The van der Waals surface area contributed by atoms with E-state index in [0.29, 0.717) is 4.47 Å². The van der Waals surface area contributed by atoms with Crippen molar-refractivity contribution in [2.75, 3.05) is 32.1 Å². The molecule has 0 radical (unpaired) electrons. The Hall–Kier alpha value is -0.980. The number of nitrogens with zero attached hydrogens (tertiary/aromatic N) is 1. The summed E-state index contributed by atoms with van der Waals surface area (Å²) in [5.41, 5.74) is 0.187. The number of amides is 1. The molecule has 1 rings (SSSR count). The van der Waals surface area contributed by atoms with Crippen LogP contribution in [-0.2, 0) is 4.79 Å². The number of nitrogens with one attached hydrogen (secondary N) is 1. The number of rotatable bonds is 8. The first-order valence-electron chi connectivity index (χ1n) is 6.57. The number of hydrogen-bond acceptors (Lipinski definition) is 3. The number of carbonyl (C=O) groups excluding carboxylic acids is 1. The molecule has 0 atom stereocenters. The summed E-state index contributed by atoms with van der Waals surface area (Å²) >= 11 is 3.17. The molecule has 0 saturated heterocycles. The van der Waals surface area contributed by atoms with E-state index in [-0.39, 0.29) is 24.7 Å². The van der Waals surface area contributed by atoms with Gasteiger partial charge in [0.1, 0.15) is 5.82 Å². The molecular formula is C14H20BrFN2O2. The molecule has 0 aromatic heterocycles. The zero-order valence-corrected chi connectivity index (χ0v) is 13.1. The topological polar surface area (TPSA) is 52.6 Å². The minimum absolute atomic E-state index is 0.187. The molecule has 1 amide bonds. The van der Waals surface area contributed by atoms with E-state index in [2.05, 4.69) is 21.2 Å². The maximum atomic E-state index is 13.6. The lowest BCUT2D eigenvalue weighted by molar-refractivity contribution is -0.117. The van der Waals surface area contributed by atoms with Gasteiger partial charge in [0.15, 0.2) is 0 Å². The summed E-state index contributed by atoms with van der Waals surface area (Å²) < 4.78 is 14.2. The van der Waals surface area contributed by atoms with E-state index in [1.54, 1.807) is 6.07 Å². The number of halogens is 2. The average Bonchev–Trinajstić information content (AvgIpc) is 2.38. The van der Waals surface area contributed by atoms with Gasteiger partial charge in [-0.25, -0.2) is 4.39 Å². The van der Waals surface area contributed by atoms with E-state index in [4.69, 9.17) is 5.11 Å². The summed E-state index contributed by atoms with van der Waals surface area (Å²) in [7, 11) is 1.84. The van der Waals surface area contributed by atoms with Crippen molar-refractivity contribution in [3.05, 3.63) is 28.5 Å². The number of benzene rings is 1. The third-order valence-electron chi connectivity index (χ3n) is 2.82. The molecule has 1 aromatic carbocycles. The Morgan fingerprint density at radius 2 is 2.15 bits per heavy atom. The molecule has 20 heavy (non-hydrogen) atoms. The van der Waals surface area contributed by atoms with Crippen LogP contribution in [0.15, 0.2) is 22.7 Å². The van der Waals surface area contributed by atoms with Gasteiger partial charge in [-0.2, -0.15) is 0 Å². The number of hydrogen-bond donors (Lipinski definition) is 2. The molecule has 0 spiro atoms. The van der Waals surface area contributed by atoms with Crippen LogP contribution >= 0.6 is 15.9 Å². The van der Waals surface area contributed by atoms with Gasteiger partial charge < -0.3 is 10.4 Å². The van der Waals surface area contributed by atoms with Crippen molar-refractivity contribution in [3.63, 3.8) is 0 Å². The molecule has 112 valence electrons. The lowest BCUT2D eigenvalue weighted by Crippen LogP contribution is -2.31. The van der Waals surface area contributed by atoms with Gasteiger partial charge >= 0.3 is 0 Å². The van der Waals surface area contributed by atoms with Crippen molar-refractivity contribution in [1.82, 2.24) is 4.90 Å². The highest BCUT2D eigenvalue weighted by molar-refractivity contribution is 9.10. The lowest BCUT2D eigenvalue weighted by Gasteiger charge is -2.16. The molecule has 0 fully saturated rings. The van der Waals surface area contributed by atoms with Gasteiger partial charge in [0, 0.05) is 11.1 Å². The highest BCUT2D eigenvalue weighted by Crippen LogP contribution is 2.19. The van der Waals surface area contributed by atoms with Crippen molar-refractivity contribution < 1.29 is 14.3 Å². The monoisotopic (exact) mass is 346 g/mol. The second kappa shape index (κ2) is 9.05. The lowest BCUT2D eigenvalue weighted by atomic mass is 10.2. The molecule has 0 aliphatic heterocycles. The smallest absolute Gasteiger partial charge is 0.238 e. The van der Waals surface area contributed by atoms with Crippen molar-refractivity contribution in [2.45, 2.75) is 19.3 Å². The largest absolute Gasteiger partial charge is 0.396 e. The van der Waals surface area contributed by atoms with Crippen LogP contribution in [0.25, 0.3) is 0 Å². The first-order valence-corrected chi connectivity index (χ1v) is 7.36. The van der Waals surface area contributed by atoms with E-state index in [0.717, 1.165) is 25.8 Å². The van der Waals surface area contributed by atoms with Gasteiger partial charge in [0.2, 0.25) is 5.91 Å². The summed E-state index contributed by atoms with van der Waals surface area (Å²) in [4.78, 5) is 13.7. The van der Waals surface area contributed by atoms with Crippen LogP contribution in [0.1, 0.15) is 19.3 Å². The van der Waals surface area contributed by atoms with Gasteiger partial charge in [0.05, 0.1) is 12.2 Å². The summed E-state index contributed by atoms with van der Waals surface area (Å²) in [5.74, 6) is -0.700. The molecule has 0 bridgehead atoms. The predicted octanol–water partition coefficient (Wildman–Crippen LogP) is 2.62. The van der Waals surface area contributed by atoms with Crippen molar-refractivity contribution in [2.24, 2.45) is 0 Å². The maximum absolute atomic E-state index is 13.6. The molecule has 0 unspecified atom stereocenters. The van der Waals surface area contributed by atoms with Crippen LogP contribution < -0.4 is 5.32 Å². The highest BCUT2D eigenvalue weighted by Gasteiger charge is 2.09. The molecule has 2 N–H and O–H groups in total. The average molecular weight is 347 g/mol. The summed E-state index contributed by atoms with van der Waals surface area (Å²) in [6.45, 7) is 1.19. The first kappa shape index (κ1) is 17.1. The van der Waals surface area contributed by atoms with Gasteiger partial charge in [-0.15, -0.1) is 0 Å². The predicted molar refractivity (Wildman–Crippen MR) is 81.2 cm³/mol. The number of aliphatic hydroxyl groups excluding tert-OH is 1. The number of anilines is 1. The van der Waals surface area contributed by atoms with Crippen molar-refractivity contribution >= 4 is 27.5 Å². The van der Waals surface area contributed by atoms with Gasteiger partial charge in [-0.05, 0) is 51.1 Å². The number of likely N-dealkylation sites (N-methyl/N-ethyl adjacent to an activating group) is 1. The Morgan fingerprint density at radius 1 is 1.40 bits per heavy atom. The molecule has 0 heterocycles. The minimum Gasteiger partial charge on any atom is -0.396 e. The molecule has 0 aliphatic carbocycles. The first-order chi connectivity index (χ1) is 9.52. The van der Waals surface area contributed by atoms with Crippen LogP contribution in [0.3, 0.4) is 0 Å². The number of aliphatic hydroxyl groups is 1. The van der Waals surface area contributed by atoms with E-state index < -0.39 is 5.82 Å². The summed E-state index contributed by atoms with van der Waals surface area (Å²) in [6.07, 6.45) is 2.64. The van der Waals surface area contributed by atoms with Crippen LogP contribution in [0.4, 0.5) is 10.1 Å². The van der Waals surface area contributed by atoms with E-state index in [1.807, 2.05) is 11.9 Å². The quantitative estimate of drug-likeness (QED) is 0.711. The van der Waals surface area contributed by atoms with Crippen molar-refractivity contribution in [3.8, 4) is 0 Å². The van der Waals surface area contributed by atoms with Crippen LogP contribution in [-0.4, -0.2) is 42.7 Å². The molecule has 4 nitrogen and oxygen atoms in total. The minimum atomic E-state index is -0.460. The Balaban J connectivity index is 2.35. The van der Waals surface area contributed by atoms with Gasteiger partial charge in [0.25, 0.3) is 0 Å². The Bertz CT molecular complexity index is 443. The van der Waals surface area contributed by atoms with Crippen molar-refractivity contribution in [1.29, 1.82) is 0 Å². The second-order valence-electron chi connectivity index (χ2n) is 4.69. The van der Waals surface area contributed by atoms with Crippen LogP contribution in [0.5, 0.6) is 0 Å². The summed E-state index contributed by atoms with van der Waals surface area (Å²) in [5, 5.41) is 11.2. The zero-order valence-electron chi connectivity index (χ0n) is 11.5. The van der Waals surface area contributed by atoms with Gasteiger partial charge in [-0.1, -0.05) is 15.9 Å². The molecule has 1 aromatic rings. The fourth-order valence-electron chi connectivity index (χ4n) is 1.78. The summed E-state index contributed by atoms with van der Waals surface area (Å²) in [6, 6.07) is 4.52. The number of unbranched alkanes of at least 4 members (excludes halogenated alkanes) is 2. The zero-order chi connectivity index (χ0) is 15.0. The van der Waals surface area contributed by atoms with E-state index >= 15 is 0 Å². The van der Waals surface area contributed by atoms with Crippen LogP contribution in [0, 0.1) is 5.82 Å². The maximum Gasteiger partial charge on any atom is 0.238 e. The Labute approximate surface area is 127 Å². The highest BCUT2D eigenvalue weighted by atomic mass is 79.9. The standard InChI is InChI=1S/C14H20BrFN2O2/c1-18(7-3-2-4-8-19)10-14(20)17-13-6-5-11(15)9-12(13)16/h5-6,9,19H,2-4,7-8,10H2,1H3,(H,17,20). The second-order valence-corrected chi connectivity index (χ2v) is 5.61. The molecule has 0 aliphatic rings. The SMILES string of the molecule is CN(CCCCCO)CC(=O)Nc1ccc(Br)cc1F. The third kappa shape index (κ3) is 6.45. The van der Waals surface area contributed by atoms with Crippen LogP contribution in [0.2, 0.25) is 0 Å². The normalized spacial score (nSPS) is 10.8. The number of carbonyl (C=O) groups is 1. The molecular weight excluding hydrogens is 327 g/mol. The van der Waals surface area contributed by atoms with E-state index in [1.165, 1.54) is 12.1 Å². The van der Waals surface area contributed by atoms with Gasteiger partial charge in [-0.3, -0.25) is 9.69 Å². The molecule has 0 saturated carbocycles.